The lowest BCUT2D eigenvalue weighted by molar-refractivity contribution is -0.120. The van der Waals surface area contributed by atoms with E-state index >= 15 is 0 Å². The van der Waals surface area contributed by atoms with Crippen molar-refractivity contribution in [2.24, 2.45) is 17.8 Å². The highest BCUT2D eigenvalue weighted by atomic mass is 35.5. The molecule has 3 N–H and O–H groups in total. The molecule has 0 aromatic heterocycles. The molecule has 0 aliphatic heterocycles. The van der Waals surface area contributed by atoms with Gasteiger partial charge in [-0.2, -0.15) is 0 Å². The number of hydrogen-bond acceptors (Lipinski definition) is 2. The van der Waals surface area contributed by atoms with Gasteiger partial charge in [-0.3, -0.25) is 4.79 Å². The number of rotatable bonds is 2. The fourth-order valence-corrected chi connectivity index (χ4v) is 3.03. The number of nitrogens with one attached hydrogen (secondary N) is 1. The number of anilines is 2. The molecule has 0 saturated heterocycles. The average molecular weight is 251 g/mol. The van der Waals surface area contributed by atoms with E-state index in [-0.39, 0.29) is 11.8 Å². The normalized spacial score (nSPS) is 29.8. The predicted octanol–water partition coefficient (Wildman–Crippen LogP) is 2.91. The minimum atomic E-state index is 0.101. The van der Waals surface area contributed by atoms with E-state index in [1.54, 1.807) is 18.2 Å². The molecule has 1 aromatic carbocycles. The van der Waals surface area contributed by atoms with Gasteiger partial charge in [0.1, 0.15) is 0 Å². The Morgan fingerprint density at radius 2 is 2.00 bits per heavy atom. The molecule has 2 aliphatic rings. The van der Waals surface area contributed by atoms with E-state index in [0.29, 0.717) is 16.4 Å². The number of nitrogens with two attached hydrogens (primary N) is 1. The van der Waals surface area contributed by atoms with Crippen LogP contribution >= 0.6 is 11.6 Å². The maximum atomic E-state index is 12.0. The van der Waals surface area contributed by atoms with Crippen LogP contribution in [0.1, 0.15) is 19.3 Å². The molecule has 17 heavy (non-hydrogen) atoms. The minimum Gasteiger partial charge on any atom is -0.399 e. The molecule has 3 nitrogen and oxygen atoms in total. The van der Waals surface area contributed by atoms with Gasteiger partial charge in [-0.05, 0) is 49.3 Å². The molecular formula is C13H15ClN2O. The largest absolute Gasteiger partial charge is 0.399 e. The molecular weight excluding hydrogens is 236 g/mol. The monoisotopic (exact) mass is 250 g/mol. The molecule has 2 atom stereocenters. The fourth-order valence-electron chi connectivity index (χ4n) is 2.80. The van der Waals surface area contributed by atoms with Crippen molar-refractivity contribution in [3.63, 3.8) is 0 Å². The van der Waals surface area contributed by atoms with E-state index in [1.807, 2.05) is 0 Å². The van der Waals surface area contributed by atoms with Crippen LogP contribution < -0.4 is 11.1 Å². The van der Waals surface area contributed by atoms with Crippen molar-refractivity contribution < 1.29 is 4.79 Å². The van der Waals surface area contributed by atoms with Gasteiger partial charge in [0.05, 0.1) is 10.7 Å². The first-order chi connectivity index (χ1) is 8.13. The van der Waals surface area contributed by atoms with Gasteiger partial charge in [0.2, 0.25) is 5.91 Å². The van der Waals surface area contributed by atoms with Gasteiger partial charge in [0, 0.05) is 11.6 Å². The molecule has 0 bridgehead atoms. The van der Waals surface area contributed by atoms with Crippen LogP contribution in [0.25, 0.3) is 0 Å². The zero-order valence-corrected chi connectivity index (χ0v) is 10.2. The molecule has 0 spiro atoms. The minimum absolute atomic E-state index is 0.101. The van der Waals surface area contributed by atoms with Crippen LogP contribution in [0.5, 0.6) is 0 Å². The summed E-state index contributed by atoms with van der Waals surface area (Å²) in [6.07, 6.45) is 3.42. The molecule has 2 aliphatic carbocycles. The number of hydrogen-bond donors (Lipinski definition) is 2. The van der Waals surface area contributed by atoms with Crippen LogP contribution in [-0.4, -0.2) is 5.91 Å². The van der Waals surface area contributed by atoms with Gasteiger partial charge >= 0.3 is 0 Å². The fraction of sp³-hybridized carbons (Fsp3) is 0.462. The van der Waals surface area contributed by atoms with Crippen LogP contribution in [0.3, 0.4) is 0 Å². The Morgan fingerprint density at radius 3 is 2.65 bits per heavy atom. The number of carbonyl (C=O) groups excluding carboxylic acids is 1. The molecule has 2 saturated carbocycles. The van der Waals surface area contributed by atoms with Crippen LogP contribution in [-0.2, 0) is 4.79 Å². The predicted molar refractivity (Wildman–Crippen MR) is 68.8 cm³/mol. The Bertz CT molecular complexity index is 464. The maximum Gasteiger partial charge on any atom is 0.227 e. The Kier molecular flexibility index (Phi) is 2.51. The van der Waals surface area contributed by atoms with Gasteiger partial charge < -0.3 is 11.1 Å². The average Bonchev–Trinajstić information content (AvgIpc) is 2.89. The second-order valence-electron chi connectivity index (χ2n) is 5.15. The second kappa shape index (κ2) is 3.91. The Hall–Kier alpha value is -1.22. The Balaban J connectivity index is 1.67. The van der Waals surface area contributed by atoms with Crippen molar-refractivity contribution in [1.29, 1.82) is 0 Å². The molecule has 1 aromatic rings. The number of halogens is 1. The molecule has 2 fully saturated rings. The summed E-state index contributed by atoms with van der Waals surface area (Å²) < 4.78 is 0. The molecule has 2 unspecified atom stereocenters. The molecule has 0 heterocycles. The highest BCUT2D eigenvalue weighted by molar-refractivity contribution is 6.34. The summed E-state index contributed by atoms with van der Waals surface area (Å²) in [5.74, 6) is 1.90. The number of fused-ring (bicyclic) bond motifs is 1. The van der Waals surface area contributed by atoms with E-state index in [0.717, 1.165) is 24.7 Å². The summed E-state index contributed by atoms with van der Waals surface area (Å²) in [5.41, 5.74) is 6.87. The first kappa shape index (κ1) is 10.9. The van der Waals surface area contributed by atoms with Gasteiger partial charge in [0.25, 0.3) is 0 Å². The number of nitrogen functional groups attached to an aromatic ring is 1. The van der Waals surface area contributed by atoms with E-state index in [4.69, 9.17) is 17.3 Å². The third-order valence-electron chi connectivity index (χ3n) is 3.87. The Morgan fingerprint density at radius 1 is 1.29 bits per heavy atom. The summed E-state index contributed by atoms with van der Waals surface area (Å²) in [4.78, 5) is 12.0. The second-order valence-corrected chi connectivity index (χ2v) is 5.56. The van der Waals surface area contributed by atoms with Crippen LogP contribution in [0.15, 0.2) is 18.2 Å². The van der Waals surface area contributed by atoms with Crippen LogP contribution in [0, 0.1) is 17.8 Å². The summed E-state index contributed by atoms with van der Waals surface area (Å²) in [7, 11) is 0. The zero-order chi connectivity index (χ0) is 12.0. The SMILES string of the molecule is Nc1ccc(NC(=O)C2CC3CC3C2)c(Cl)c1. The first-order valence-corrected chi connectivity index (χ1v) is 6.37. The third kappa shape index (κ3) is 2.12. The highest BCUT2D eigenvalue weighted by Gasteiger charge is 2.47. The maximum absolute atomic E-state index is 12.0. The molecule has 90 valence electrons. The van der Waals surface area contributed by atoms with E-state index in [9.17, 15) is 4.79 Å². The molecule has 0 radical (unpaired) electrons. The summed E-state index contributed by atoms with van der Waals surface area (Å²) in [5, 5.41) is 3.40. The highest BCUT2D eigenvalue weighted by Crippen LogP contribution is 2.54. The lowest BCUT2D eigenvalue weighted by Gasteiger charge is -2.13. The topological polar surface area (TPSA) is 55.1 Å². The van der Waals surface area contributed by atoms with E-state index < -0.39 is 0 Å². The lowest BCUT2D eigenvalue weighted by Crippen LogP contribution is -2.21. The van der Waals surface area contributed by atoms with Crippen molar-refractivity contribution in [2.75, 3.05) is 11.1 Å². The zero-order valence-electron chi connectivity index (χ0n) is 9.45. The third-order valence-corrected chi connectivity index (χ3v) is 4.18. The van der Waals surface area contributed by atoms with Gasteiger partial charge in [-0.1, -0.05) is 11.6 Å². The van der Waals surface area contributed by atoms with Gasteiger partial charge in [-0.25, -0.2) is 0 Å². The van der Waals surface area contributed by atoms with Gasteiger partial charge in [-0.15, -0.1) is 0 Å². The summed E-state index contributed by atoms with van der Waals surface area (Å²) in [6, 6.07) is 5.15. The van der Waals surface area contributed by atoms with Crippen LogP contribution in [0.4, 0.5) is 11.4 Å². The molecule has 4 heteroatoms. The van der Waals surface area contributed by atoms with Crippen LogP contribution in [0.2, 0.25) is 5.02 Å². The first-order valence-electron chi connectivity index (χ1n) is 5.99. The van der Waals surface area contributed by atoms with Gasteiger partial charge in [0.15, 0.2) is 0 Å². The quantitative estimate of drug-likeness (QED) is 0.793. The molecule has 1 amide bonds. The van der Waals surface area contributed by atoms with E-state index in [1.165, 1.54) is 6.42 Å². The van der Waals surface area contributed by atoms with E-state index in [2.05, 4.69) is 5.32 Å². The standard InChI is InChI=1S/C13H15ClN2O/c14-11-6-10(15)1-2-12(11)16-13(17)9-4-7-3-8(7)5-9/h1-2,6-9H,3-5,15H2,(H,16,17). The number of amides is 1. The van der Waals surface area contributed by atoms with Crippen molar-refractivity contribution >= 4 is 28.9 Å². The van der Waals surface area contributed by atoms with Crippen molar-refractivity contribution in [3.05, 3.63) is 23.2 Å². The lowest BCUT2D eigenvalue weighted by atomic mass is 10.0. The Labute approximate surface area is 105 Å². The molecule has 3 rings (SSSR count). The summed E-state index contributed by atoms with van der Waals surface area (Å²) >= 11 is 6.02. The van der Waals surface area contributed by atoms with Crippen molar-refractivity contribution in [3.8, 4) is 0 Å². The number of carbonyl (C=O) groups is 1. The summed E-state index contributed by atoms with van der Waals surface area (Å²) in [6.45, 7) is 0. The van der Waals surface area contributed by atoms with Crippen molar-refractivity contribution in [1.82, 2.24) is 0 Å². The smallest absolute Gasteiger partial charge is 0.227 e. The number of benzene rings is 1. The van der Waals surface area contributed by atoms with Crippen molar-refractivity contribution in [2.45, 2.75) is 19.3 Å².